The number of halogens is 1. The van der Waals surface area contributed by atoms with Crippen LogP contribution in [-0.2, 0) is 9.59 Å². The minimum absolute atomic E-state index is 0. The van der Waals surface area contributed by atoms with E-state index in [9.17, 15) is 9.59 Å². The van der Waals surface area contributed by atoms with Crippen LogP contribution in [0, 0.1) is 17.8 Å². The molecule has 1 saturated carbocycles. The molecule has 3 atom stereocenters. The fourth-order valence-corrected chi connectivity index (χ4v) is 3.13. The number of hydrogen-bond acceptors (Lipinski definition) is 3. The van der Waals surface area contributed by atoms with Crippen LogP contribution in [0.25, 0.3) is 0 Å². The van der Waals surface area contributed by atoms with Gasteiger partial charge < -0.3 is 16.0 Å². The van der Waals surface area contributed by atoms with Crippen LogP contribution in [0.1, 0.15) is 33.1 Å². The maximum atomic E-state index is 12.0. The van der Waals surface area contributed by atoms with Crippen molar-refractivity contribution >= 4 is 24.2 Å². The highest BCUT2D eigenvalue weighted by Crippen LogP contribution is 2.37. The molecule has 0 aromatic heterocycles. The van der Waals surface area contributed by atoms with Crippen LogP contribution in [0.15, 0.2) is 0 Å². The summed E-state index contributed by atoms with van der Waals surface area (Å²) in [6.07, 6.45) is 3.80. The van der Waals surface area contributed by atoms with E-state index >= 15 is 0 Å². The molecule has 20 heavy (non-hydrogen) atoms. The van der Waals surface area contributed by atoms with Gasteiger partial charge in [-0.25, -0.2) is 0 Å². The molecule has 0 aromatic rings. The summed E-state index contributed by atoms with van der Waals surface area (Å²) in [5.41, 5.74) is 5.74. The van der Waals surface area contributed by atoms with E-state index in [-0.39, 0.29) is 36.7 Å². The number of nitrogens with two attached hydrogens (primary N) is 1. The molecule has 0 radical (unpaired) electrons. The first-order valence-electron chi connectivity index (χ1n) is 7.30. The molecule has 0 bridgehead atoms. The van der Waals surface area contributed by atoms with E-state index < -0.39 is 6.04 Å². The zero-order valence-electron chi connectivity index (χ0n) is 12.3. The molecule has 1 saturated heterocycles. The molecule has 2 aliphatic rings. The van der Waals surface area contributed by atoms with Gasteiger partial charge in [0.15, 0.2) is 0 Å². The summed E-state index contributed by atoms with van der Waals surface area (Å²) in [6, 6.07) is -0.536. The zero-order chi connectivity index (χ0) is 14.0. The van der Waals surface area contributed by atoms with Gasteiger partial charge in [0.2, 0.25) is 11.8 Å². The van der Waals surface area contributed by atoms with Gasteiger partial charge in [-0.15, -0.1) is 12.4 Å². The Morgan fingerprint density at radius 1 is 1.25 bits per heavy atom. The van der Waals surface area contributed by atoms with Gasteiger partial charge in [0, 0.05) is 13.1 Å². The SMILES string of the molecule is CC(C)[C@H](N)C(=O)NCC(=O)N1CC2CCCC2C1.Cl. The number of carbonyl (C=O) groups is 2. The van der Waals surface area contributed by atoms with Crippen molar-refractivity contribution in [1.29, 1.82) is 0 Å². The van der Waals surface area contributed by atoms with E-state index in [4.69, 9.17) is 5.73 Å². The second kappa shape index (κ2) is 7.27. The summed E-state index contributed by atoms with van der Waals surface area (Å²) in [7, 11) is 0. The Labute approximate surface area is 127 Å². The molecule has 1 aliphatic heterocycles. The van der Waals surface area contributed by atoms with Crippen LogP contribution in [-0.4, -0.2) is 42.4 Å². The third kappa shape index (κ3) is 3.85. The van der Waals surface area contributed by atoms with E-state index in [0.29, 0.717) is 11.8 Å². The van der Waals surface area contributed by atoms with Gasteiger partial charge in [-0.1, -0.05) is 20.3 Å². The van der Waals surface area contributed by atoms with Crippen molar-refractivity contribution in [3.05, 3.63) is 0 Å². The fourth-order valence-electron chi connectivity index (χ4n) is 3.13. The lowest BCUT2D eigenvalue weighted by molar-refractivity contribution is -0.132. The highest BCUT2D eigenvalue weighted by Gasteiger charge is 2.37. The number of carbonyl (C=O) groups excluding carboxylic acids is 2. The van der Waals surface area contributed by atoms with Gasteiger partial charge in [-0.05, 0) is 30.6 Å². The fraction of sp³-hybridized carbons (Fsp3) is 0.857. The zero-order valence-corrected chi connectivity index (χ0v) is 13.1. The van der Waals surface area contributed by atoms with Gasteiger partial charge in [0.25, 0.3) is 0 Å². The van der Waals surface area contributed by atoms with E-state index in [0.717, 1.165) is 13.1 Å². The molecular formula is C14H26ClN3O2. The van der Waals surface area contributed by atoms with E-state index in [1.54, 1.807) is 0 Å². The first-order chi connectivity index (χ1) is 8.99. The number of nitrogens with zero attached hydrogens (tertiary/aromatic N) is 1. The standard InChI is InChI=1S/C14H25N3O2.ClH/c1-9(2)13(15)14(19)16-6-12(18)17-7-10-4-3-5-11(10)8-17;/h9-11,13H,3-8,15H2,1-2H3,(H,16,19);1H/t10?,11?,13-;/m0./s1. The molecule has 2 rings (SSSR count). The highest BCUT2D eigenvalue weighted by atomic mass is 35.5. The van der Waals surface area contributed by atoms with Crippen LogP contribution >= 0.6 is 12.4 Å². The molecular weight excluding hydrogens is 278 g/mol. The van der Waals surface area contributed by atoms with Gasteiger partial charge >= 0.3 is 0 Å². The molecule has 0 aromatic carbocycles. The van der Waals surface area contributed by atoms with Crippen LogP contribution in [0.2, 0.25) is 0 Å². The second-order valence-corrected chi connectivity index (χ2v) is 6.24. The number of amides is 2. The summed E-state index contributed by atoms with van der Waals surface area (Å²) in [5.74, 6) is 1.26. The molecule has 2 amide bonds. The third-order valence-electron chi connectivity index (χ3n) is 4.51. The molecule has 1 heterocycles. The lowest BCUT2D eigenvalue weighted by atomic mass is 10.0. The van der Waals surface area contributed by atoms with Crippen molar-refractivity contribution in [2.24, 2.45) is 23.5 Å². The van der Waals surface area contributed by atoms with Gasteiger partial charge in [-0.3, -0.25) is 9.59 Å². The molecule has 2 fully saturated rings. The molecule has 116 valence electrons. The van der Waals surface area contributed by atoms with Gasteiger partial charge in [0.1, 0.15) is 0 Å². The summed E-state index contributed by atoms with van der Waals surface area (Å²) in [4.78, 5) is 25.6. The van der Waals surface area contributed by atoms with E-state index in [1.165, 1.54) is 19.3 Å². The van der Waals surface area contributed by atoms with Crippen molar-refractivity contribution in [2.75, 3.05) is 19.6 Å². The quantitative estimate of drug-likeness (QED) is 0.805. The van der Waals surface area contributed by atoms with Crippen LogP contribution in [0.3, 0.4) is 0 Å². The second-order valence-electron chi connectivity index (χ2n) is 6.24. The van der Waals surface area contributed by atoms with Gasteiger partial charge in [-0.2, -0.15) is 0 Å². The molecule has 5 nitrogen and oxygen atoms in total. The Balaban J connectivity index is 0.00000200. The number of fused-ring (bicyclic) bond motifs is 1. The van der Waals surface area contributed by atoms with E-state index in [1.807, 2.05) is 18.7 Å². The van der Waals surface area contributed by atoms with Crippen LogP contribution in [0.5, 0.6) is 0 Å². The number of likely N-dealkylation sites (tertiary alicyclic amines) is 1. The lowest BCUT2D eigenvalue weighted by Crippen LogP contribution is -2.47. The smallest absolute Gasteiger partial charge is 0.241 e. The monoisotopic (exact) mass is 303 g/mol. The minimum Gasteiger partial charge on any atom is -0.346 e. The number of nitrogens with one attached hydrogen (secondary N) is 1. The largest absolute Gasteiger partial charge is 0.346 e. The Hall–Kier alpha value is -0.810. The Bertz CT molecular complexity index is 350. The lowest BCUT2D eigenvalue weighted by Gasteiger charge is -2.19. The Morgan fingerprint density at radius 2 is 1.80 bits per heavy atom. The maximum Gasteiger partial charge on any atom is 0.241 e. The van der Waals surface area contributed by atoms with Crippen molar-refractivity contribution in [1.82, 2.24) is 10.2 Å². The maximum absolute atomic E-state index is 12.0. The van der Waals surface area contributed by atoms with Crippen molar-refractivity contribution < 1.29 is 9.59 Å². The predicted molar refractivity (Wildman–Crippen MR) is 80.5 cm³/mol. The summed E-state index contributed by atoms with van der Waals surface area (Å²) in [5, 5.41) is 2.65. The molecule has 2 unspecified atom stereocenters. The Kier molecular flexibility index (Phi) is 6.27. The average molecular weight is 304 g/mol. The third-order valence-corrected chi connectivity index (χ3v) is 4.51. The van der Waals surface area contributed by atoms with Crippen molar-refractivity contribution in [2.45, 2.75) is 39.2 Å². The van der Waals surface area contributed by atoms with E-state index in [2.05, 4.69) is 5.32 Å². The van der Waals surface area contributed by atoms with Crippen LogP contribution < -0.4 is 11.1 Å². The summed E-state index contributed by atoms with van der Waals surface area (Å²) < 4.78 is 0. The number of rotatable bonds is 4. The molecule has 1 aliphatic carbocycles. The predicted octanol–water partition coefficient (Wildman–Crippen LogP) is 0.766. The molecule has 3 N–H and O–H groups in total. The average Bonchev–Trinajstić information content (AvgIpc) is 2.94. The van der Waals surface area contributed by atoms with Crippen molar-refractivity contribution in [3.63, 3.8) is 0 Å². The molecule has 0 spiro atoms. The van der Waals surface area contributed by atoms with Crippen molar-refractivity contribution in [3.8, 4) is 0 Å². The molecule has 6 heteroatoms. The first-order valence-corrected chi connectivity index (χ1v) is 7.30. The summed E-state index contributed by atoms with van der Waals surface area (Å²) in [6.45, 7) is 5.62. The first kappa shape index (κ1) is 17.2. The normalized spacial score (nSPS) is 26.1. The van der Waals surface area contributed by atoms with Gasteiger partial charge in [0.05, 0.1) is 12.6 Å². The minimum atomic E-state index is -0.536. The summed E-state index contributed by atoms with van der Waals surface area (Å²) >= 11 is 0. The number of hydrogen-bond donors (Lipinski definition) is 2. The topological polar surface area (TPSA) is 75.4 Å². The highest BCUT2D eigenvalue weighted by molar-refractivity contribution is 5.87. The van der Waals surface area contributed by atoms with Crippen LogP contribution in [0.4, 0.5) is 0 Å². The Morgan fingerprint density at radius 3 is 2.30 bits per heavy atom.